The number of hydrogen-bond donors (Lipinski definition) is 1. The highest BCUT2D eigenvalue weighted by Gasteiger charge is 2.15. The third kappa shape index (κ3) is 2.78. The van der Waals surface area contributed by atoms with Crippen molar-refractivity contribution in [3.63, 3.8) is 0 Å². The predicted octanol–water partition coefficient (Wildman–Crippen LogP) is 4.12. The van der Waals surface area contributed by atoms with Crippen LogP contribution in [0.2, 0.25) is 0 Å². The summed E-state index contributed by atoms with van der Waals surface area (Å²) in [7, 11) is 1.64. The molecule has 0 radical (unpaired) electrons. The predicted molar refractivity (Wildman–Crippen MR) is 81.6 cm³/mol. The van der Waals surface area contributed by atoms with E-state index in [9.17, 15) is 0 Å². The lowest BCUT2D eigenvalue weighted by Crippen LogP contribution is -2.09. The van der Waals surface area contributed by atoms with Crippen LogP contribution in [0.25, 0.3) is 0 Å². The van der Waals surface area contributed by atoms with Crippen LogP contribution in [0, 0.1) is 13.8 Å². The summed E-state index contributed by atoms with van der Waals surface area (Å²) in [6.07, 6.45) is 0. The van der Waals surface area contributed by atoms with Crippen molar-refractivity contribution in [2.75, 3.05) is 7.11 Å². The van der Waals surface area contributed by atoms with Gasteiger partial charge in [0.2, 0.25) is 0 Å². The number of methoxy groups -OCH3 is 1. The third-order valence-corrected chi connectivity index (χ3v) is 3.48. The summed E-state index contributed by atoms with van der Waals surface area (Å²) in [5.41, 5.74) is 9.27. The molecule has 0 saturated heterocycles. The zero-order valence-corrected chi connectivity index (χ0v) is 12.4. The van der Waals surface area contributed by atoms with Crippen molar-refractivity contribution in [3.05, 3.63) is 53.1 Å². The topological polar surface area (TPSA) is 44.5 Å². The van der Waals surface area contributed by atoms with Crippen molar-refractivity contribution in [1.82, 2.24) is 0 Å². The van der Waals surface area contributed by atoms with Crippen LogP contribution in [-0.4, -0.2) is 7.11 Å². The molecule has 0 aliphatic heterocycles. The molecule has 3 nitrogen and oxygen atoms in total. The second kappa shape index (κ2) is 5.97. The normalized spacial score (nSPS) is 12.1. The van der Waals surface area contributed by atoms with Gasteiger partial charge in [-0.2, -0.15) is 0 Å². The van der Waals surface area contributed by atoms with Gasteiger partial charge in [0.05, 0.1) is 12.7 Å². The minimum atomic E-state index is -0.161. The molecule has 2 aromatic carbocycles. The number of ether oxygens (including phenoxy) is 2. The molecule has 0 amide bonds. The first-order valence-corrected chi connectivity index (χ1v) is 6.71. The average molecular weight is 271 g/mol. The summed E-state index contributed by atoms with van der Waals surface area (Å²) in [6.45, 7) is 6.05. The van der Waals surface area contributed by atoms with Gasteiger partial charge in [0.25, 0.3) is 0 Å². The summed E-state index contributed by atoms with van der Waals surface area (Å²) in [4.78, 5) is 0. The van der Waals surface area contributed by atoms with Crippen LogP contribution in [0.15, 0.2) is 36.4 Å². The fraction of sp³-hybridized carbons (Fsp3) is 0.294. The summed E-state index contributed by atoms with van der Waals surface area (Å²) in [5.74, 6) is 2.34. The fourth-order valence-electron chi connectivity index (χ4n) is 2.19. The van der Waals surface area contributed by atoms with E-state index in [0.717, 1.165) is 28.4 Å². The minimum Gasteiger partial charge on any atom is -0.496 e. The molecule has 0 saturated carbocycles. The van der Waals surface area contributed by atoms with Gasteiger partial charge >= 0.3 is 0 Å². The Morgan fingerprint density at radius 3 is 2.20 bits per heavy atom. The summed E-state index contributed by atoms with van der Waals surface area (Å²) < 4.78 is 11.4. The molecule has 106 valence electrons. The highest BCUT2D eigenvalue weighted by Crippen LogP contribution is 2.36. The van der Waals surface area contributed by atoms with E-state index in [4.69, 9.17) is 15.2 Å². The van der Waals surface area contributed by atoms with E-state index in [1.165, 1.54) is 5.56 Å². The molecule has 2 rings (SSSR count). The monoisotopic (exact) mass is 271 g/mol. The molecule has 2 aromatic rings. The Bertz CT molecular complexity index is 606. The maximum absolute atomic E-state index is 6.06. The molecular weight excluding hydrogens is 250 g/mol. The number of hydrogen-bond acceptors (Lipinski definition) is 3. The van der Waals surface area contributed by atoms with E-state index in [0.29, 0.717) is 0 Å². The SMILES string of the molecule is COc1cccc(Oc2cccc(C)c2C)c1[C@@H](C)N. The quantitative estimate of drug-likeness (QED) is 0.909. The molecule has 0 aromatic heterocycles. The van der Waals surface area contributed by atoms with E-state index >= 15 is 0 Å². The fourth-order valence-corrected chi connectivity index (χ4v) is 2.19. The van der Waals surface area contributed by atoms with E-state index < -0.39 is 0 Å². The van der Waals surface area contributed by atoms with E-state index in [-0.39, 0.29) is 6.04 Å². The average Bonchev–Trinajstić information content (AvgIpc) is 2.43. The number of nitrogens with two attached hydrogens (primary N) is 1. The zero-order chi connectivity index (χ0) is 14.7. The molecule has 0 aliphatic carbocycles. The Hall–Kier alpha value is -2.00. The lowest BCUT2D eigenvalue weighted by molar-refractivity contribution is 0.397. The maximum atomic E-state index is 6.06. The summed E-state index contributed by atoms with van der Waals surface area (Å²) in [6, 6.07) is 11.6. The molecule has 0 bridgehead atoms. The molecule has 2 N–H and O–H groups in total. The van der Waals surface area contributed by atoms with Crippen molar-refractivity contribution < 1.29 is 9.47 Å². The van der Waals surface area contributed by atoms with Crippen LogP contribution in [0.5, 0.6) is 17.2 Å². The molecule has 20 heavy (non-hydrogen) atoms. The van der Waals surface area contributed by atoms with Gasteiger partial charge in [-0.3, -0.25) is 0 Å². The Labute approximate surface area is 120 Å². The molecule has 3 heteroatoms. The molecular formula is C17H21NO2. The minimum absolute atomic E-state index is 0.161. The van der Waals surface area contributed by atoms with Crippen LogP contribution in [-0.2, 0) is 0 Å². The largest absolute Gasteiger partial charge is 0.496 e. The maximum Gasteiger partial charge on any atom is 0.135 e. The zero-order valence-electron chi connectivity index (χ0n) is 12.4. The third-order valence-electron chi connectivity index (χ3n) is 3.48. The molecule has 0 spiro atoms. The molecule has 0 heterocycles. The Kier molecular flexibility index (Phi) is 4.30. The lowest BCUT2D eigenvalue weighted by Gasteiger charge is -2.18. The van der Waals surface area contributed by atoms with Crippen molar-refractivity contribution in [1.29, 1.82) is 0 Å². The highest BCUT2D eigenvalue weighted by molar-refractivity contribution is 5.50. The van der Waals surface area contributed by atoms with Gasteiger partial charge < -0.3 is 15.2 Å². The van der Waals surface area contributed by atoms with Crippen molar-refractivity contribution >= 4 is 0 Å². The van der Waals surface area contributed by atoms with Gasteiger partial charge in [0, 0.05) is 6.04 Å². The molecule has 1 atom stereocenters. The molecule has 0 fully saturated rings. The van der Waals surface area contributed by atoms with Crippen LogP contribution in [0.3, 0.4) is 0 Å². The number of benzene rings is 2. The number of rotatable bonds is 4. The second-order valence-electron chi connectivity index (χ2n) is 4.96. The molecule has 0 unspecified atom stereocenters. The van der Waals surface area contributed by atoms with Gasteiger partial charge in [0.15, 0.2) is 0 Å². The summed E-state index contributed by atoms with van der Waals surface area (Å²) in [5, 5.41) is 0. The van der Waals surface area contributed by atoms with Crippen LogP contribution in [0.1, 0.15) is 29.7 Å². The highest BCUT2D eigenvalue weighted by atomic mass is 16.5. The lowest BCUT2D eigenvalue weighted by atomic mass is 10.1. The first-order valence-electron chi connectivity index (χ1n) is 6.71. The Morgan fingerprint density at radius 2 is 1.55 bits per heavy atom. The first kappa shape index (κ1) is 14.4. The second-order valence-corrected chi connectivity index (χ2v) is 4.96. The Balaban J connectivity index is 2.46. The van der Waals surface area contributed by atoms with E-state index in [1.807, 2.05) is 37.3 Å². The van der Waals surface area contributed by atoms with Gasteiger partial charge in [-0.1, -0.05) is 18.2 Å². The summed E-state index contributed by atoms with van der Waals surface area (Å²) >= 11 is 0. The Morgan fingerprint density at radius 1 is 0.950 bits per heavy atom. The van der Waals surface area contributed by atoms with E-state index in [1.54, 1.807) is 7.11 Å². The van der Waals surface area contributed by atoms with Gasteiger partial charge in [-0.05, 0) is 50.1 Å². The van der Waals surface area contributed by atoms with Crippen molar-refractivity contribution in [2.45, 2.75) is 26.8 Å². The van der Waals surface area contributed by atoms with E-state index in [2.05, 4.69) is 19.9 Å². The van der Waals surface area contributed by atoms with Crippen LogP contribution < -0.4 is 15.2 Å². The number of aryl methyl sites for hydroxylation is 1. The first-order chi connectivity index (χ1) is 9.54. The van der Waals surface area contributed by atoms with Crippen LogP contribution in [0.4, 0.5) is 0 Å². The molecule has 0 aliphatic rings. The van der Waals surface area contributed by atoms with Gasteiger partial charge in [-0.15, -0.1) is 0 Å². The van der Waals surface area contributed by atoms with Crippen molar-refractivity contribution in [2.24, 2.45) is 5.73 Å². The standard InChI is InChI=1S/C17H21NO2/c1-11-7-5-8-14(12(11)2)20-16-10-6-9-15(19-4)17(16)13(3)18/h5-10,13H,18H2,1-4H3/t13-/m1/s1. The van der Waals surface area contributed by atoms with Crippen molar-refractivity contribution in [3.8, 4) is 17.2 Å². The van der Waals surface area contributed by atoms with Gasteiger partial charge in [0.1, 0.15) is 17.2 Å². The van der Waals surface area contributed by atoms with Crippen LogP contribution >= 0.6 is 0 Å². The van der Waals surface area contributed by atoms with Gasteiger partial charge in [-0.25, -0.2) is 0 Å². The smallest absolute Gasteiger partial charge is 0.135 e.